The summed E-state index contributed by atoms with van der Waals surface area (Å²) in [6.45, 7) is 0. The van der Waals surface area contributed by atoms with Gasteiger partial charge in [-0.2, -0.15) is 11.8 Å². The molecule has 1 N–H and O–H groups in total. The first-order valence-electron chi connectivity index (χ1n) is 6.67. The number of hydrogen-bond acceptors (Lipinski definition) is 3. The molecule has 4 heteroatoms. The molecule has 1 fully saturated rings. The largest absolute Gasteiger partial charge is 0.458 e. The molecule has 19 heavy (non-hydrogen) atoms. The third-order valence-corrected chi connectivity index (χ3v) is 5.01. The molecular formula is C15H17ClO2S. The molecule has 102 valence electrons. The Morgan fingerprint density at radius 3 is 2.89 bits per heavy atom. The van der Waals surface area contributed by atoms with Gasteiger partial charge in [0.15, 0.2) is 0 Å². The maximum Gasteiger partial charge on any atom is 0.134 e. The summed E-state index contributed by atoms with van der Waals surface area (Å²) in [7, 11) is 0. The van der Waals surface area contributed by atoms with Crippen LogP contribution in [0.5, 0.6) is 0 Å². The van der Waals surface area contributed by atoms with Crippen LogP contribution in [0, 0.1) is 5.92 Å². The number of fused-ring (bicyclic) bond motifs is 1. The summed E-state index contributed by atoms with van der Waals surface area (Å²) in [5.74, 6) is 3.71. The predicted molar refractivity (Wildman–Crippen MR) is 80.8 cm³/mol. The second-order valence-electron chi connectivity index (χ2n) is 5.14. The van der Waals surface area contributed by atoms with Gasteiger partial charge >= 0.3 is 0 Å². The summed E-state index contributed by atoms with van der Waals surface area (Å²) in [5.41, 5.74) is 0.789. The van der Waals surface area contributed by atoms with Crippen LogP contribution in [0.25, 0.3) is 11.0 Å². The molecule has 0 spiro atoms. The van der Waals surface area contributed by atoms with Crippen molar-refractivity contribution in [2.75, 3.05) is 11.5 Å². The molecule has 2 aromatic rings. The van der Waals surface area contributed by atoms with Crippen LogP contribution < -0.4 is 0 Å². The predicted octanol–water partition coefficient (Wildman–Crippen LogP) is 4.65. The van der Waals surface area contributed by atoms with Crippen LogP contribution in [-0.4, -0.2) is 16.6 Å². The molecule has 1 aromatic heterocycles. The Bertz CT molecular complexity index is 560. The highest BCUT2D eigenvalue weighted by Gasteiger charge is 2.21. The fraction of sp³-hybridized carbons (Fsp3) is 0.467. The van der Waals surface area contributed by atoms with E-state index in [1.807, 2.05) is 36.0 Å². The first kappa shape index (κ1) is 13.3. The highest BCUT2D eigenvalue weighted by molar-refractivity contribution is 7.99. The van der Waals surface area contributed by atoms with Crippen molar-refractivity contribution in [3.05, 3.63) is 35.0 Å². The van der Waals surface area contributed by atoms with Gasteiger partial charge in [0.25, 0.3) is 0 Å². The first-order valence-corrected chi connectivity index (χ1v) is 8.20. The lowest BCUT2D eigenvalue weighted by atomic mass is 9.94. The molecule has 1 atom stereocenters. The van der Waals surface area contributed by atoms with Gasteiger partial charge in [-0.1, -0.05) is 11.6 Å². The molecule has 0 bridgehead atoms. The van der Waals surface area contributed by atoms with Crippen molar-refractivity contribution in [3.63, 3.8) is 0 Å². The number of furan rings is 1. The molecule has 2 nitrogen and oxygen atoms in total. The van der Waals surface area contributed by atoms with E-state index in [1.165, 1.54) is 24.3 Å². The topological polar surface area (TPSA) is 33.4 Å². The molecule has 1 aliphatic rings. The van der Waals surface area contributed by atoms with E-state index in [0.29, 0.717) is 16.7 Å². The van der Waals surface area contributed by atoms with Gasteiger partial charge in [0.05, 0.1) is 0 Å². The number of aliphatic hydroxyl groups excluding tert-OH is 1. The quantitative estimate of drug-likeness (QED) is 0.895. The average molecular weight is 297 g/mol. The lowest BCUT2D eigenvalue weighted by Gasteiger charge is -2.22. The van der Waals surface area contributed by atoms with Crippen LogP contribution >= 0.6 is 23.4 Å². The summed E-state index contributed by atoms with van der Waals surface area (Å²) >= 11 is 7.96. The Morgan fingerprint density at radius 2 is 2.11 bits per heavy atom. The van der Waals surface area contributed by atoms with Crippen molar-refractivity contribution < 1.29 is 9.52 Å². The minimum atomic E-state index is -0.501. The van der Waals surface area contributed by atoms with Crippen molar-refractivity contribution in [2.24, 2.45) is 5.92 Å². The Morgan fingerprint density at radius 1 is 1.32 bits per heavy atom. The number of thioether (sulfide) groups is 1. The standard InChI is InChI=1S/C15H17ClO2S/c16-12-1-2-14-11(8-12)9-15(18-14)13(17)7-10-3-5-19-6-4-10/h1-2,8-10,13,17H,3-7H2. The fourth-order valence-corrected chi connectivity index (χ4v) is 4.00. The Balaban J connectivity index is 1.75. The van der Waals surface area contributed by atoms with Gasteiger partial charge in [-0.25, -0.2) is 0 Å². The van der Waals surface area contributed by atoms with Crippen molar-refractivity contribution >= 4 is 34.3 Å². The number of benzene rings is 1. The minimum Gasteiger partial charge on any atom is -0.458 e. The van der Waals surface area contributed by atoms with Crippen molar-refractivity contribution in [3.8, 4) is 0 Å². The van der Waals surface area contributed by atoms with E-state index in [0.717, 1.165) is 17.4 Å². The molecule has 1 aliphatic heterocycles. The molecule has 3 rings (SSSR count). The average Bonchev–Trinajstić information content (AvgIpc) is 2.83. The van der Waals surface area contributed by atoms with E-state index in [2.05, 4.69) is 0 Å². The lowest BCUT2D eigenvalue weighted by molar-refractivity contribution is 0.119. The highest BCUT2D eigenvalue weighted by Crippen LogP contribution is 2.33. The van der Waals surface area contributed by atoms with Crippen LogP contribution in [0.4, 0.5) is 0 Å². The molecule has 1 aromatic carbocycles. The van der Waals surface area contributed by atoms with E-state index < -0.39 is 6.10 Å². The summed E-state index contributed by atoms with van der Waals surface area (Å²) < 4.78 is 5.71. The van der Waals surface area contributed by atoms with Crippen LogP contribution in [0.3, 0.4) is 0 Å². The summed E-state index contributed by atoms with van der Waals surface area (Å²) in [5, 5.41) is 12.0. The van der Waals surface area contributed by atoms with Gasteiger partial charge in [-0.05, 0) is 61.0 Å². The summed E-state index contributed by atoms with van der Waals surface area (Å²) in [4.78, 5) is 0. The maximum atomic E-state index is 10.3. The van der Waals surface area contributed by atoms with Gasteiger partial charge < -0.3 is 9.52 Å². The van der Waals surface area contributed by atoms with Crippen molar-refractivity contribution in [1.29, 1.82) is 0 Å². The molecule has 0 aliphatic carbocycles. The second kappa shape index (κ2) is 5.78. The minimum absolute atomic E-state index is 0.501. The van der Waals surface area contributed by atoms with Crippen LogP contribution in [0.1, 0.15) is 31.1 Å². The number of aliphatic hydroxyl groups is 1. The SMILES string of the molecule is OC(CC1CCSCC1)c1cc2cc(Cl)ccc2o1. The normalized spacial score (nSPS) is 18.8. The lowest BCUT2D eigenvalue weighted by Crippen LogP contribution is -2.13. The van der Waals surface area contributed by atoms with E-state index in [-0.39, 0.29) is 0 Å². The Labute approximate surface area is 122 Å². The van der Waals surface area contributed by atoms with Gasteiger partial charge in [0.1, 0.15) is 17.4 Å². The van der Waals surface area contributed by atoms with Gasteiger partial charge in [0.2, 0.25) is 0 Å². The van der Waals surface area contributed by atoms with Crippen LogP contribution in [-0.2, 0) is 0 Å². The van der Waals surface area contributed by atoms with Crippen LogP contribution in [0.15, 0.2) is 28.7 Å². The summed E-state index contributed by atoms with van der Waals surface area (Å²) in [6.07, 6.45) is 2.70. The van der Waals surface area contributed by atoms with Crippen LogP contribution in [0.2, 0.25) is 5.02 Å². The molecule has 1 saturated heterocycles. The zero-order valence-corrected chi connectivity index (χ0v) is 12.2. The van der Waals surface area contributed by atoms with Gasteiger partial charge in [-0.15, -0.1) is 0 Å². The van der Waals surface area contributed by atoms with E-state index in [9.17, 15) is 5.11 Å². The Hall–Kier alpha value is -0.640. The third-order valence-electron chi connectivity index (χ3n) is 3.72. The van der Waals surface area contributed by atoms with Gasteiger partial charge in [0, 0.05) is 10.4 Å². The number of rotatable bonds is 3. The zero-order valence-electron chi connectivity index (χ0n) is 10.6. The molecule has 1 unspecified atom stereocenters. The molecule has 2 heterocycles. The molecule has 0 radical (unpaired) electrons. The molecule has 0 saturated carbocycles. The van der Waals surface area contributed by atoms with Crippen molar-refractivity contribution in [2.45, 2.75) is 25.4 Å². The van der Waals surface area contributed by atoms with E-state index >= 15 is 0 Å². The smallest absolute Gasteiger partial charge is 0.134 e. The third kappa shape index (κ3) is 3.10. The first-order chi connectivity index (χ1) is 9.22. The van der Waals surface area contributed by atoms with E-state index in [1.54, 1.807) is 0 Å². The fourth-order valence-electron chi connectivity index (χ4n) is 2.61. The number of hydrogen-bond donors (Lipinski definition) is 1. The monoisotopic (exact) mass is 296 g/mol. The highest BCUT2D eigenvalue weighted by atomic mass is 35.5. The Kier molecular flexibility index (Phi) is 4.06. The van der Waals surface area contributed by atoms with E-state index in [4.69, 9.17) is 16.0 Å². The molecular weight excluding hydrogens is 280 g/mol. The van der Waals surface area contributed by atoms with Gasteiger partial charge in [-0.3, -0.25) is 0 Å². The van der Waals surface area contributed by atoms with Crippen molar-refractivity contribution in [1.82, 2.24) is 0 Å². The summed E-state index contributed by atoms with van der Waals surface area (Å²) in [6, 6.07) is 7.43. The maximum absolute atomic E-state index is 10.3. The number of halogens is 1. The molecule has 0 amide bonds. The zero-order chi connectivity index (χ0) is 13.2. The second-order valence-corrected chi connectivity index (χ2v) is 6.80.